The molecule has 5 heteroatoms. The molecule has 2 aromatic rings. The van der Waals surface area contributed by atoms with Gasteiger partial charge in [-0.05, 0) is 49.9 Å². The van der Waals surface area contributed by atoms with Gasteiger partial charge in [0, 0.05) is 6.54 Å². The second-order valence-corrected chi connectivity index (χ2v) is 7.07. The van der Waals surface area contributed by atoms with E-state index >= 15 is 0 Å². The molecule has 0 aliphatic carbocycles. The van der Waals surface area contributed by atoms with Crippen LogP contribution in [-0.4, -0.2) is 42.8 Å². The van der Waals surface area contributed by atoms with Gasteiger partial charge in [-0.3, -0.25) is 9.69 Å². The van der Waals surface area contributed by atoms with Gasteiger partial charge < -0.3 is 14.6 Å². The summed E-state index contributed by atoms with van der Waals surface area (Å²) >= 11 is 0. The highest BCUT2D eigenvalue weighted by atomic mass is 16.5. The first-order valence-electron chi connectivity index (χ1n) is 9.24. The third kappa shape index (κ3) is 3.65. The van der Waals surface area contributed by atoms with Crippen LogP contribution < -0.4 is 9.47 Å². The van der Waals surface area contributed by atoms with Gasteiger partial charge in [0.25, 0.3) is 0 Å². The maximum absolute atomic E-state index is 11.9. The summed E-state index contributed by atoms with van der Waals surface area (Å²) in [5.41, 5.74) is 4.27. The van der Waals surface area contributed by atoms with Crippen molar-refractivity contribution in [2.24, 2.45) is 0 Å². The summed E-state index contributed by atoms with van der Waals surface area (Å²) in [6.07, 6.45) is 1.50. The summed E-state index contributed by atoms with van der Waals surface area (Å²) in [4.78, 5) is 14.0. The standard InChI is InChI=1S/C22H27NO4/c1-14-10-11-16(15(2)13-14)21(23-12-6-7-17(23)22(24)25)20-18(26-3)8-5-9-19(20)27-4/h5,8-11,13,17,21H,6-7,12H2,1-4H3,(H,24,25). The zero-order valence-electron chi connectivity index (χ0n) is 16.4. The molecule has 1 fully saturated rings. The number of methoxy groups -OCH3 is 2. The van der Waals surface area contributed by atoms with Crippen LogP contribution in [0.5, 0.6) is 11.5 Å². The van der Waals surface area contributed by atoms with Gasteiger partial charge >= 0.3 is 5.97 Å². The highest BCUT2D eigenvalue weighted by Crippen LogP contribution is 2.44. The molecule has 2 unspecified atom stereocenters. The van der Waals surface area contributed by atoms with E-state index in [9.17, 15) is 9.90 Å². The first-order chi connectivity index (χ1) is 13.0. The smallest absolute Gasteiger partial charge is 0.320 e. The van der Waals surface area contributed by atoms with E-state index in [2.05, 4.69) is 36.9 Å². The maximum atomic E-state index is 11.9. The SMILES string of the molecule is COc1cccc(OC)c1C(c1ccc(C)cc1C)N1CCCC1C(=O)O. The minimum absolute atomic E-state index is 0.250. The summed E-state index contributed by atoms with van der Waals surface area (Å²) in [5.74, 6) is 0.627. The molecule has 144 valence electrons. The Morgan fingerprint density at radius 2 is 1.81 bits per heavy atom. The number of aliphatic carboxylic acids is 1. The predicted octanol–water partition coefficient (Wildman–Crippen LogP) is 3.96. The van der Waals surface area contributed by atoms with Crippen LogP contribution >= 0.6 is 0 Å². The molecule has 0 amide bonds. The number of nitrogens with zero attached hydrogens (tertiary/aromatic N) is 1. The van der Waals surface area contributed by atoms with Crippen molar-refractivity contribution >= 4 is 5.97 Å². The molecule has 27 heavy (non-hydrogen) atoms. The molecule has 0 saturated carbocycles. The van der Waals surface area contributed by atoms with Crippen molar-refractivity contribution < 1.29 is 19.4 Å². The molecular weight excluding hydrogens is 342 g/mol. The van der Waals surface area contributed by atoms with Crippen LogP contribution in [0.3, 0.4) is 0 Å². The fourth-order valence-electron chi connectivity index (χ4n) is 4.15. The zero-order chi connectivity index (χ0) is 19.6. The Morgan fingerprint density at radius 1 is 1.15 bits per heavy atom. The van der Waals surface area contributed by atoms with Crippen molar-refractivity contribution in [2.45, 2.75) is 38.8 Å². The molecule has 2 aromatic carbocycles. The van der Waals surface area contributed by atoms with E-state index in [-0.39, 0.29) is 6.04 Å². The lowest BCUT2D eigenvalue weighted by Crippen LogP contribution is -2.39. The van der Waals surface area contributed by atoms with E-state index < -0.39 is 12.0 Å². The second kappa shape index (κ2) is 8.01. The third-order valence-corrected chi connectivity index (χ3v) is 5.37. The highest BCUT2D eigenvalue weighted by Gasteiger charge is 2.39. The lowest BCUT2D eigenvalue weighted by molar-refractivity contribution is -0.142. The van der Waals surface area contributed by atoms with Gasteiger partial charge in [-0.2, -0.15) is 0 Å². The molecule has 1 saturated heterocycles. The van der Waals surface area contributed by atoms with E-state index in [1.807, 2.05) is 18.2 Å². The number of benzene rings is 2. The Hall–Kier alpha value is -2.53. The summed E-state index contributed by atoms with van der Waals surface area (Å²) in [5, 5.41) is 9.79. The molecule has 0 spiro atoms. The number of carboxylic acid groups (broad SMARTS) is 1. The lowest BCUT2D eigenvalue weighted by atomic mass is 9.90. The number of hydrogen-bond acceptors (Lipinski definition) is 4. The zero-order valence-corrected chi connectivity index (χ0v) is 16.4. The van der Waals surface area contributed by atoms with Crippen LogP contribution in [0.2, 0.25) is 0 Å². The molecule has 0 radical (unpaired) electrons. The van der Waals surface area contributed by atoms with Gasteiger partial charge in [-0.15, -0.1) is 0 Å². The number of carboxylic acids is 1. The Bertz CT molecular complexity index is 811. The third-order valence-electron chi connectivity index (χ3n) is 5.37. The van der Waals surface area contributed by atoms with E-state index in [1.165, 1.54) is 5.56 Å². The second-order valence-electron chi connectivity index (χ2n) is 7.07. The molecule has 1 aliphatic heterocycles. The first kappa shape index (κ1) is 19.2. The Balaban J connectivity index is 2.24. The minimum atomic E-state index is -0.781. The quantitative estimate of drug-likeness (QED) is 0.835. The predicted molar refractivity (Wildman–Crippen MR) is 105 cm³/mol. The van der Waals surface area contributed by atoms with Gasteiger partial charge in [0.15, 0.2) is 0 Å². The van der Waals surface area contributed by atoms with E-state index in [0.29, 0.717) is 17.9 Å². The maximum Gasteiger partial charge on any atom is 0.320 e. The van der Waals surface area contributed by atoms with Crippen molar-refractivity contribution in [2.75, 3.05) is 20.8 Å². The fraction of sp³-hybridized carbons (Fsp3) is 0.409. The molecule has 3 rings (SSSR count). The normalized spacial score (nSPS) is 18.3. The summed E-state index contributed by atoms with van der Waals surface area (Å²) in [6, 6.07) is 11.2. The van der Waals surface area contributed by atoms with Gasteiger partial charge in [0.2, 0.25) is 0 Å². The van der Waals surface area contributed by atoms with Crippen LogP contribution in [0.4, 0.5) is 0 Å². The van der Waals surface area contributed by atoms with E-state index in [0.717, 1.165) is 29.7 Å². The van der Waals surface area contributed by atoms with Crippen LogP contribution in [-0.2, 0) is 4.79 Å². The van der Waals surface area contributed by atoms with Crippen LogP contribution in [0.15, 0.2) is 36.4 Å². The molecule has 1 N–H and O–H groups in total. The molecule has 1 heterocycles. The van der Waals surface area contributed by atoms with Gasteiger partial charge in [-0.1, -0.05) is 29.8 Å². The van der Waals surface area contributed by atoms with Crippen molar-refractivity contribution in [3.8, 4) is 11.5 Å². The summed E-state index contributed by atoms with van der Waals surface area (Å²) < 4.78 is 11.3. The molecule has 2 atom stereocenters. The Kier molecular flexibility index (Phi) is 5.71. The fourth-order valence-corrected chi connectivity index (χ4v) is 4.15. The van der Waals surface area contributed by atoms with Crippen LogP contribution in [0.25, 0.3) is 0 Å². The topological polar surface area (TPSA) is 59.0 Å². The number of aryl methyl sites for hydroxylation is 2. The average Bonchev–Trinajstić information content (AvgIpc) is 3.13. The van der Waals surface area contributed by atoms with Crippen LogP contribution in [0, 0.1) is 13.8 Å². The molecular formula is C22H27NO4. The number of hydrogen-bond donors (Lipinski definition) is 1. The average molecular weight is 369 g/mol. The monoisotopic (exact) mass is 369 g/mol. The Morgan fingerprint density at radius 3 is 2.37 bits per heavy atom. The van der Waals surface area contributed by atoms with Crippen molar-refractivity contribution in [1.82, 2.24) is 4.90 Å². The van der Waals surface area contributed by atoms with Crippen LogP contribution in [0.1, 0.15) is 41.1 Å². The molecule has 1 aliphatic rings. The molecule has 0 bridgehead atoms. The molecule has 0 aromatic heterocycles. The van der Waals surface area contributed by atoms with Crippen molar-refractivity contribution in [1.29, 1.82) is 0 Å². The summed E-state index contributed by atoms with van der Waals surface area (Å²) in [7, 11) is 3.27. The first-order valence-corrected chi connectivity index (χ1v) is 9.24. The number of carbonyl (C=O) groups is 1. The van der Waals surface area contributed by atoms with E-state index in [4.69, 9.17) is 9.47 Å². The van der Waals surface area contributed by atoms with Gasteiger partial charge in [-0.25, -0.2) is 0 Å². The highest BCUT2D eigenvalue weighted by molar-refractivity contribution is 5.74. The summed E-state index contributed by atoms with van der Waals surface area (Å²) in [6.45, 7) is 4.85. The number of ether oxygens (including phenoxy) is 2. The largest absolute Gasteiger partial charge is 0.496 e. The Labute approximate surface area is 160 Å². The lowest BCUT2D eigenvalue weighted by Gasteiger charge is -2.34. The van der Waals surface area contributed by atoms with Crippen molar-refractivity contribution in [3.05, 3.63) is 58.7 Å². The number of likely N-dealkylation sites (tertiary alicyclic amines) is 1. The number of rotatable bonds is 6. The van der Waals surface area contributed by atoms with E-state index in [1.54, 1.807) is 14.2 Å². The minimum Gasteiger partial charge on any atom is -0.496 e. The van der Waals surface area contributed by atoms with Gasteiger partial charge in [0.05, 0.1) is 25.8 Å². The molecule has 5 nitrogen and oxygen atoms in total. The van der Waals surface area contributed by atoms with Crippen molar-refractivity contribution in [3.63, 3.8) is 0 Å². The van der Waals surface area contributed by atoms with Gasteiger partial charge in [0.1, 0.15) is 17.5 Å².